The van der Waals surface area contributed by atoms with Gasteiger partial charge in [0.25, 0.3) is 0 Å². The summed E-state index contributed by atoms with van der Waals surface area (Å²) in [5.74, 6) is 2.42. The molecular weight excluding hydrogens is 428 g/mol. The molecule has 0 saturated carbocycles. The summed E-state index contributed by atoms with van der Waals surface area (Å²) in [6.07, 6.45) is 0. The molecule has 180 valence electrons. The molecule has 2 aliphatic rings. The molecule has 1 aromatic heterocycles. The number of aromatic nitrogens is 1. The predicted molar refractivity (Wildman–Crippen MR) is 134 cm³/mol. The van der Waals surface area contributed by atoms with E-state index in [2.05, 4.69) is 58.8 Å². The summed E-state index contributed by atoms with van der Waals surface area (Å²) in [5, 5.41) is 4.28. The fraction of sp³-hybridized carbons (Fsp3) is 0.444. The number of benzene rings is 2. The molecule has 1 saturated heterocycles. The molecule has 7 heteroatoms. The average molecular weight is 463 g/mol. The molecule has 0 aliphatic carbocycles. The van der Waals surface area contributed by atoms with Crippen molar-refractivity contribution in [3.8, 4) is 22.8 Å². The van der Waals surface area contributed by atoms with E-state index in [0.29, 0.717) is 0 Å². The minimum atomic E-state index is 0.273. The van der Waals surface area contributed by atoms with E-state index in [0.717, 1.165) is 80.9 Å². The van der Waals surface area contributed by atoms with Crippen LogP contribution in [0.3, 0.4) is 0 Å². The summed E-state index contributed by atoms with van der Waals surface area (Å²) in [4.78, 5) is 7.51. The highest BCUT2D eigenvalue weighted by Crippen LogP contribution is 2.35. The Labute approximate surface area is 201 Å². The maximum atomic E-state index is 5.66. The molecule has 2 aromatic carbocycles. The first kappa shape index (κ1) is 22.7. The van der Waals surface area contributed by atoms with Crippen LogP contribution in [0, 0.1) is 13.8 Å². The van der Waals surface area contributed by atoms with E-state index in [4.69, 9.17) is 14.0 Å². The van der Waals surface area contributed by atoms with Crippen LogP contribution >= 0.6 is 0 Å². The third kappa shape index (κ3) is 5.05. The van der Waals surface area contributed by atoms with Crippen LogP contribution in [0.2, 0.25) is 0 Å². The van der Waals surface area contributed by atoms with Crippen LogP contribution in [-0.4, -0.2) is 67.6 Å². The van der Waals surface area contributed by atoms with Gasteiger partial charge in [0.2, 0.25) is 6.79 Å². The molecule has 0 bridgehead atoms. The smallest absolute Gasteiger partial charge is 0.231 e. The quantitative estimate of drug-likeness (QED) is 0.494. The van der Waals surface area contributed by atoms with E-state index in [-0.39, 0.29) is 6.79 Å². The molecule has 5 rings (SSSR count). The van der Waals surface area contributed by atoms with Crippen LogP contribution in [0.5, 0.6) is 11.5 Å². The summed E-state index contributed by atoms with van der Waals surface area (Å²) < 4.78 is 16.5. The second kappa shape index (κ2) is 10.1. The lowest BCUT2D eigenvalue weighted by molar-refractivity contribution is 0.174. The van der Waals surface area contributed by atoms with E-state index in [9.17, 15) is 0 Å². The Bertz CT molecular complexity index is 1120. The van der Waals surface area contributed by atoms with Crippen molar-refractivity contribution < 1.29 is 14.0 Å². The molecule has 1 fully saturated rings. The van der Waals surface area contributed by atoms with Gasteiger partial charge in [0.1, 0.15) is 5.69 Å². The monoisotopic (exact) mass is 462 g/mol. The van der Waals surface area contributed by atoms with Gasteiger partial charge in [0.05, 0.1) is 6.54 Å². The Morgan fingerprint density at radius 3 is 2.56 bits per heavy atom. The first-order chi connectivity index (χ1) is 16.6. The molecule has 0 amide bonds. The van der Waals surface area contributed by atoms with Crippen molar-refractivity contribution in [1.82, 2.24) is 15.0 Å². The maximum absolute atomic E-state index is 5.66. The molecule has 0 spiro atoms. The van der Waals surface area contributed by atoms with Gasteiger partial charge in [-0.05, 0) is 50.2 Å². The van der Waals surface area contributed by atoms with Gasteiger partial charge in [-0.2, -0.15) is 0 Å². The Hall–Kier alpha value is -3.03. The van der Waals surface area contributed by atoms with Gasteiger partial charge in [-0.15, -0.1) is 0 Å². The van der Waals surface area contributed by atoms with Crippen molar-refractivity contribution >= 4 is 5.69 Å². The van der Waals surface area contributed by atoms with Crippen molar-refractivity contribution in [2.24, 2.45) is 0 Å². The largest absolute Gasteiger partial charge is 0.454 e. The highest BCUT2D eigenvalue weighted by atomic mass is 16.7. The molecule has 0 radical (unpaired) electrons. The molecule has 7 nitrogen and oxygen atoms in total. The highest BCUT2D eigenvalue weighted by molar-refractivity contribution is 5.64. The zero-order valence-corrected chi connectivity index (χ0v) is 20.4. The van der Waals surface area contributed by atoms with Crippen molar-refractivity contribution in [3.05, 3.63) is 59.4 Å². The molecule has 0 unspecified atom stereocenters. The highest BCUT2D eigenvalue weighted by Gasteiger charge is 2.20. The minimum absolute atomic E-state index is 0.273. The summed E-state index contributed by atoms with van der Waals surface area (Å²) in [6, 6.07) is 14.7. The third-order valence-electron chi connectivity index (χ3n) is 6.85. The van der Waals surface area contributed by atoms with Crippen LogP contribution in [0.25, 0.3) is 11.3 Å². The number of hydrogen-bond acceptors (Lipinski definition) is 7. The molecular formula is C27H34N4O3. The van der Waals surface area contributed by atoms with E-state index in [1.54, 1.807) is 0 Å². The van der Waals surface area contributed by atoms with E-state index < -0.39 is 0 Å². The lowest BCUT2D eigenvalue weighted by Crippen LogP contribution is -2.48. The zero-order valence-electron chi connectivity index (χ0n) is 20.4. The van der Waals surface area contributed by atoms with Gasteiger partial charge >= 0.3 is 0 Å². The average Bonchev–Trinajstić information content (AvgIpc) is 3.51. The second-order valence-corrected chi connectivity index (χ2v) is 9.23. The Morgan fingerprint density at radius 1 is 0.941 bits per heavy atom. The molecule has 34 heavy (non-hydrogen) atoms. The fourth-order valence-electron chi connectivity index (χ4n) is 4.80. The number of ether oxygens (including phenoxy) is 2. The van der Waals surface area contributed by atoms with E-state index >= 15 is 0 Å². The van der Waals surface area contributed by atoms with E-state index in [1.807, 2.05) is 24.3 Å². The number of likely N-dealkylation sites (N-methyl/N-ethyl adjacent to an activating group) is 1. The zero-order chi connectivity index (χ0) is 23.5. The van der Waals surface area contributed by atoms with Crippen molar-refractivity contribution in [2.45, 2.75) is 27.3 Å². The lowest BCUT2D eigenvalue weighted by atomic mass is 10.1. The van der Waals surface area contributed by atoms with Gasteiger partial charge in [-0.3, -0.25) is 9.80 Å². The number of rotatable bonds is 8. The first-order valence-electron chi connectivity index (χ1n) is 12.2. The van der Waals surface area contributed by atoms with Crippen LogP contribution in [-0.2, 0) is 6.54 Å². The Kier molecular flexibility index (Phi) is 6.74. The number of fused-ring (bicyclic) bond motifs is 1. The van der Waals surface area contributed by atoms with Gasteiger partial charge in [-0.1, -0.05) is 29.8 Å². The van der Waals surface area contributed by atoms with Crippen molar-refractivity contribution in [1.29, 1.82) is 0 Å². The summed E-state index contributed by atoms with van der Waals surface area (Å²) in [5.41, 5.74) is 5.88. The minimum Gasteiger partial charge on any atom is -0.454 e. The molecule has 3 aromatic rings. The number of nitrogens with zero attached hydrogens (tertiary/aromatic N) is 4. The maximum Gasteiger partial charge on any atom is 0.231 e. The third-order valence-corrected chi connectivity index (χ3v) is 6.85. The predicted octanol–water partition coefficient (Wildman–Crippen LogP) is 4.33. The molecule has 2 aliphatic heterocycles. The van der Waals surface area contributed by atoms with Crippen LogP contribution in [0.15, 0.2) is 47.0 Å². The second-order valence-electron chi connectivity index (χ2n) is 9.23. The fourth-order valence-corrected chi connectivity index (χ4v) is 4.80. The summed E-state index contributed by atoms with van der Waals surface area (Å²) in [6.45, 7) is 15.0. The molecule has 0 N–H and O–H groups in total. The lowest BCUT2D eigenvalue weighted by Gasteiger charge is -2.37. The number of hydrogen-bond donors (Lipinski definition) is 0. The normalized spacial score (nSPS) is 15.9. The van der Waals surface area contributed by atoms with Gasteiger partial charge < -0.3 is 18.9 Å². The van der Waals surface area contributed by atoms with Crippen LogP contribution in [0.4, 0.5) is 5.69 Å². The van der Waals surface area contributed by atoms with Crippen LogP contribution in [0.1, 0.15) is 23.8 Å². The topological polar surface area (TPSA) is 54.2 Å². The van der Waals surface area contributed by atoms with Gasteiger partial charge in [0.15, 0.2) is 17.3 Å². The van der Waals surface area contributed by atoms with Gasteiger partial charge in [0, 0.05) is 56.6 Å². The van der Waals surface area contributed by atoms with Crippen molar-refractivity contribution in [3.63, 3.8) is 0 Å². The SMILES string of the molecule is CCN(CCN1CCN(c2ccc(C)cc2C)CC1)Cc1cc(-c2ccc3c(c2)OCO3)no1. The number of anilines is 1. The summed E-state index contributed by atoms with van der Waals surface area (Å²) in [7, 11) is 0. The number of piperazine rings is 1. The Balaban J connectivity index is 1.12. The standard InChI is InChI=1S/C27H34N4O3/c1-4-29(9-10-30-11-13-31(14-12-30)25-7-5-20(2)15-21(25)3)18-23-17-24(28-34-23)22-6-8-26-27(16-22)33-19-32-26/h5-8,15-17H,4,9-14,18-19H2,1-3H3. The Morgan fingerprint density at radius 2 is 1.76 bits per heavy atom. The molecule has 3 heterocycles. The van der Waals surface area contributed by atoms with Gasteiger partial charge in [-0.25, -0.2) is 0 Å². The summed E-state index contributed by atoms with van der Waals surface area (Å²) >= 11 is 0. The van der Waals surface area contributed by atoms with Crippen LogP contribution < -0.4 is 14.4 Å². The first-order valence-corrected chi connectivity index (χ1v) is 12.2. The van der Waals surface area contributed by atoms with Crippen molar-refractivity contribution in [2.75, 3.05) is 57.5 Å². The molecule has 0 atom stereocenters. The van der Waals surface area contributed by atoms with E-state index in [1.165, 1.54) is 16.8 Å². The number of aryl methyl sites for hydroxylation is 2.